The van der Waals surface area contributed by atoms with Crippen LogP contribution < -0.4 is 15.8 Å². The number of benzene rings is 1. The lowest BCUT2D eigenvalue weighted by Gasteiger charge is -2.12. The summed E-state index contributed by atoms with van der Waals surface area (Å²) in [5.74, 6) is -0.941. The molecule has 1 saturated heterocycles. The summed E-state index contributed by atoms with van der Waals surface area (Å²) in [4.78, 5) is 0. The first-order chi connectivity index (χ1) is 13.0. The van der Waals surface area contributed by atoms with E-state index in [2.05, 4.69) is 20.8 Å². The molecule has 0 aliphatic carbocycles. The fourth-order valence-corrected chi connectivity index (χ4v) is 2.49. The first kappa shape index (κ1) is 21.0. The molecule has 1 aromatic heterocycles. The van der Waals surface area contributed by atoms with Gasteiger partial charge in [-0.15, -0.1) is 5.10 Å². The van der Waals surface area contributed by atoms with Gasteiger partial charge in [-0.1, -0.05) is 6.42 Å². The number of nitrogens with one attached hydrogen (secondary N) is 1. The van der Waals surface area contributed by atoms with Crippen molar-refractivity contribution < 1.29 is 22.3 Å². The molecule has 0 atom stereocenters. The van der Waals surface area contributed by atoms with E-state index < -0.39 is 18.7 Å². The van der Waals surface area contributed by atoms with Crippen molar-refractivity contribution in [3.8, 4) is 11.4 Å². The molecule has 1 aromatic carbocycles. The molecule has 1 aliphatic heterocycles. The Labute approximate surface area is 153 Å². The third-order valence-corrected chi connectivity index (χ3v) is 3.77. The second kappa shape index (κ2) is 10.2. The van der Waals surface area contributed by atoms with Crippen molar-refractivity contribution in [1.82, 2.24) is 25.5 Å². The second-order valence-electron chi connectivity index (χ2n) is 5.76. The maximum Gasteiger partial charge on any atom is 0.453 e. The number of nitrogens with zero attached hydrogens (tertiary/aromatic N) is 4. The van der Waals surface area contributed by atoms with Gasteiger partial charge in [-0.3, -0.25) is 0 Å². The highest BCUT2D eigenvalue weighted by atomic mass is 19.4. The van der Waals surface area contributed by atoms with Gasteiger partial charge in [0.25, 0.3) is 5.82 Å². The van der Waals surface area contributed by atoms with Crippen molar-refractivity contribution in [1.29, 1.82) is 0 Å². The van der Waals surface area contributed by atoms with Gasteiger partial charge in [0.2, 0.25) is 0 Å². The molecule has 2 heterocycles. The van der Waals surface area contributed by atoms with Crippen molar-refractivity contribution in [3.63, 3.8) is 0 Å². The molecule has 0 bridgehead atoms. The van der Waals surface area contributed by atoms with E-state index in [4.69, 9.17) is 10.5 Å². The molecule has 150 valence electrons. The maximum atomic E-state index is 12.7. The summed E-state index contributed by atoms with van der Waals surface area (Å²) in [7, 11) is 0. The smallest absolute Gasteiger partial charge is 0.453 e. The molecule has 3 N–H and O–H groups in total. The van der Waals surface area contributed by atoms with E-state index in [0.29, 0.717) is 16.0 Å². The first-order valence-corrected chi connectivity index (χ1v) is 8.55. The van der Waals surface area contributed by atoms with Crippen LogP contribution >= 0.6 is 0 Å². The third kappa shape index (κ3) is 6.14. The van der Waals surface area contributed by atoms with Gasteiger partial charge >= 0.3 is 6.18 Å². The second-order valence-corrected chi connectivity index (χ2v) is 5.76. The first-order valence-electron chi connectivity index (χ1n) is 8.55. The predicted molar refractivity (Wildman–Crippen MR) is 90.2 cm³/mol. The van der Waals surface area contributed by atoms with Gasteiger partial charge in [-0.25, -0.2) is 4.39 Å². The lowest BCUT2D eigenvalue weighted by molar-refractivity contribution is -0.146. The number of ether oxygens (including phenoxy) is 1. The Bertz CT molecular complexity index is 691. The fraction of sp³-hybridized carbons (Fsp3) is 0.562. The van der Waals surface area contributed by atoms with Crippen LogP contribution in [-0.2, 0) is 12.7 Å². The van der Waals surface area contributed by atoms with Gasteiger partial charge in [-0.05, 0) is 54.6 Å². The van der Waals surface area contributed by atoms with Crippen molar-refractivity contribution in [2.45, 2.75) is 32.0 Å². The fourth-order valence-electron chi connectivity index (χ4n) is 2.49. The zero-order chi connectivity index (χ0) is 19.7. The van der Waals surface area contributed by atoms with Crippen molar-refractivity contribution >= 4 is 0 Å². The van der Waals surface area contributed by atoms with Gasteiger partial charge in [0.05, 0.1) is 5.69 Å². The summed E-state index contributed by atoms with van der Waals surface area (Å²) in [6.07, 6.45) is -0.469. The third-order valence-electron chi connectivity index (χ3n) is 3.77. The molecule has 1 fully saturated rings. The molecule has 1 aliphatic rings. The quantitative estimate of drug-likeness (QED) is 0.761. The lowest BCUT2D eigenvalue weighted by atomic mass is 10.1. The SMILES string of the molecule is C1CCNCC1.NCc1cc(-n2nnnc2C(F)(F)F)ccc1OCCF. The Morgan fingerprint density at radius 1 is 1.19 bits per heavy atom. The largest absolute Gasteiger partial charge is 0.491 e. The molecular weight excluding hydrogens is 368 g/mol. The minimum absolute atomic E-state index is 0.0128. The zero-order valence-electron chi connectivity index (χ0n) is 14.7. The summed E-state index contributed by atoms with van der Waals surface area (Å²) >= 11 is 0. The van der Waals surface area contributed by atoms with Crippen LogP contribution in [0.15, 0.2) is 18.2 Å². The van der Waals surface area contributed by atoms with Gasteiger partial charge < -0.3 is 15.8 Å². The average molecular weight is 390 g/mol. The Hall–Kier alpha value is -2.27. The summed E-state index contributed by atoms with van der Waals surface area (Å²) in [5, 5.41) is 12.6. The highest BCUT2D eigenvalue weighted by Gasteiger charge is 2.38. The molecule has 3 rings (SSSR count). The summed E-state index contributed by atoms with van der Waals surface area (Å²) in [6, 6.07) is 4.09. The van der Waals surface area contributed by atoms with E-state index in [1.165, 1.54) is 50.6 Å². The standard InChI is InChI=1S/C11H11F4N5O.C5H11N/c12-3-4-21-9-2-1-8(5-7(9)6-16)20-10(11(13,14)15)17-18-19-20;1-2-4-6-5-3-1/h1-2,5H,3-4,6,16H2;6H,1-5H2. The summed E-state index contributed by atoms with van der Waals surface area (Å²) < 4.78 is 56.0. The van der Waals surface area contributed by atoms with Crippen LogP contribution in [0.25, 0.3) is 5.69 Å². The van der Waals surface area contributed by atoms with Crippen LogP contribution in [-0.4, -0.2) is 46.6 Å². The lowest BCUT2D eigenvalue weighted by Crippen LogP contribution is -2.21. The van der Waals surface area contributed by atoms with Crippen molar-refractivity contribution in [3.05, 3.63) is 29.6 Å². The molecule has 2 aromatic rings. The predicted octanol–water partition coefficient (Wildman–Crippen LogP) is 2.25. The number of tetrazole rings is 1. The van der Waals surface area contributed by atoms with E-state index in [1.807, 2.05) is 0 Å². The van der Waals surface area contributed by atoms with E-state index in [1.54, 1.807) is 0 Å². The molecule has 0 saturated carbocycles. The minimum atomic E-state index is -4.68. The van der Waals surface area contributed by atoms with Gasteiger partial charge in [0, 0.05) is 12.1 Å². The van der Waals surface area contributed by atoms with Gasteiger partial charge in [-0.2, -0.15) is 17.9 Å². The van der Waals surface area contributed by atoms with Crippen LogP contribution in [0, 0.1) is 0 Å². The van der Waals surface area contributed by atoms with E-state index in [0.717, 1.165) is 0 Å². The number of rotatable bonds is 5. The number of nitrogens with two attached hydrogens (primary N) is 1. The Kier molecular flexibility index (Phi) is 7.92. The molecule has 0 spiro atoms. The van der Waals surface area contributed by atoms with Crippen LogP contribution in [0.1, 0.15) is 30.7 Å². The summed E-state index contributed by atoms with van der Waals surface area (Å²) in [6.45, 7) is 1.67. The average Bonchev–Trinajstić information content (AvgIpc) is 3.18. The van der Waals surface area contributed by atoms with Crippen molar-refractivity contribution in [2.75, 3.05) is 26.4 Å². The molecule has 7 nitrogen and oxygen atoms in total. The maximum absolute atomic E-state index is 12.7. The highest BCUT2D eigenvalue weighted by molar-refractivity contribution is 5.44. The molecular formula is C16H22F4N6O. The van der Waals surface area contributed by atoms with E-state index >= 15 is 0 Å². The number of alkyl halides is 4. The van der Waals surface area contributed by atoms with E-state index in [-0.39, 0.29) is 18.8 Å². The number of piperidine rings is 1. The molecule has 0 radical (unpaired) electrons. The van der Waals surface area contributed by atoms with Crippen LogP contribution in [0.2, 0.25) is 0 Å². The van der Waals surface area contributed by atoms with Crippen LogP contribution in [0.5, 0.6) is 5.75 Å². The van der Waals surface area contributed by atoms with Gasteiger partial charge in [0.15, 0.2) is 0 Å². The number of hydrogen-bond donors (Lipinski definition) is 2. The van der Waals surface area contributed by atoms with Crippen LogP contribution in [0.3, 0.4) is 0 Å². The zero-order valence-corrected chi connectivity index (χ0v) is 14.7. The minimum Gasteiger partial charge on any atom is -0.491 e. The monoisotopic (exact) mass is 390 g/mol. The number of aromatic nitrogens is 4. The molecule has 27 heavy (non-hydrogen) atoms. The Balaban J connectivity index is 0.000000369. The van der Waals surface area contributed by atoms with Gasteiger partial charge in [0.1, 0.15) is 19.0 Å². The number of halogens is 4. The normalized spacial score (nSPS) is 14.4. The van der Waals surface area contributed by atoms with Crippen LogP contribution in [0.4, 0.5) is 17.6 Å². The Morgan fingerprint density at radius 3 is 2.44 bits per heavy atom. The molecule has 0 amide bonds. The topological polar surface area (TPSA) is 90.9 Å². The summed E-state index contributed by atoms with van der Waals surface area (Å²) in [5.41, 5.74) is 6.02. The number of hydrogen-bond acceptors (Lipinski definition) is 6. The van der Waals surface area contributed by atoms with E-state index in [9.17, 15) is 17.6 Å². The molecule has 11 heteroatoms. The highest BCUT2D eigenvalue weighted by Crippen LogP contribution is 2.29. The van der Waals surface area contributed by atoms with Crippen molar-refractivity contribution in [2.24, 2.45) is 5.73 Å². The molecule has 0 unspecified atom stereocenters. The Morgan fingerprint density at radius 2 is 1.93 bits per heavy atom.